The number of carbonyl (C=O) groups is 1. The van der Waals surface area contributed by atoms with Gasteiger partial charge in [-0.3, -0.25) is 9.59 Å². The molecule has 1 heterocycles. The number of amides is 1. The minimum absolute atomic E-state index is 0.138. The number of aromatic nitrogens is 1. The lowest BCUT2D eigenvalue weighted by Gasteiger charge is -2.17. The van der Waals surface area contributed by atoms with Crippen LogP contribution in [-0.4, -0.2) is 10.9 Å². The van der Waals surface area contributed by atoms with Gasteiger partial charge in [0, 0.05) is 5.41 Å². The average Bonchev–Trinajstić information content (AvgIpc) is 2.10. The van der Waals surface area contributed by atoms with Crippen molar-refractivity contribution >= 4 is 27.7 Å². The molecule has 0 aliphatic rings. The van der Waals surface area contributed by atoms with Gasteiger partial charge in [0.2, 0.25) is 5.91 Å². The summed E-state index contributed by atoms with van der Waals surface area (Å²) < 4.78 is 0.441. The Hall–Kier alpha value is -1.10. The molecule has 82 valence electrons. The third-order valence-electron chi connectivity index (χ3n) is 1.79. The Morgan fingerprint density at radius 1 is 1.40 bits per heavy atom. The van der Waals surface area contributed by atoms with Crippen molar-refractivity contribution in [1.82, 2.24) is 4.98 Å². The molecule has 0 aromatic carbocycles. The Bertz CT molecular complexity index is 432. The van der Waals surface area contributed by atoms with Gasteiger partial charge in [-0.05, 0) is 28.1 Å². The van der Waals surface area contributed by atoms with Crippen LogP contribution in [-0.2, 0) is 4.79 Å². The topological polar surface area (TPSA) is 62.0 Å². The molecule has 2 N–H and O–H groups in total. The summed E-state index contributed by atoms with van der Waals surface area (Å²) >= 11 is 3.08. The van der Waals surface area contributed by atoms with Crippen molar-refractivity contribution in [2.75, 3.05) is 5.32 Å². The fraction of sp³-hybridized carbons (Fsp3) is 0.400. The molecular weight excluding hydrogens is 260 g/mol. The van der Waals surface area contributed by atoms with Gasteiger partial charge in [0.1, 0.15) is 5.82 Å². The van der Waals surface area contributed by atoms with Crippen LogP contribution in [0.3, 0.4) is 0 Å². The molecule has 0 atom stereocenters. The van der Waals surface area contributed by atoms with E-state index in [4.69, 9.17) is 0 Å². The second kappa shape index (κ2) is 4.18. The molecule has 15 heavy (non-hydrogen) atoms. The summed E-state index contributed by atoms with van der Waals surface area (Å²) in [6, 6.07) is 3.23. The molecule has 0 unspecified atom stereocenters. The number of pyridine rings is 1. The van der Waals surface area contributed by atoms with Gasteiger partial charge in [0.05, 0.1) is 4.47 Å². The first kappa shape index (κ1) is 12.0. The van der Waals surface area contributed by atoms with Crippen LogP contribution in [0.25, 0.3) is 0 Å². The summed E-state index contributed by atoms with van der Waals surface area (Å²) in [6.07, 6.45) is 0. The first-order valence-corrected chi connectivity index (χ1v) is 5.30. The summed E-state index contributed by atoms with van der Waals surface area (Å²) in [5.74, 6) is 0.267. The van der Waals surface area contributed by atoms with E-state index in [0.29, 0.717) is 10.3 Å². The molecule has 1 amide bonds. The maximum atomic E-state index is 11.6. The molecule has 0 bridgehead atoms. The molecule has 1 aromatic heterocycles. The molecule has 1 aromatic rings. The third-order valence-corrected chi connectivity index (χ3v) is 2.42. The highest BCUT2D eigenvalue weighted by atomic mass is 79.9. The quantitative estimate of drug-likeness (QED) is 0.823. The molecule has 1 rings (SSSR count). The van der Waals surface area contributed by atoms with Crippen molar-refractivity contribution in [2.45, 2.75) is 20.8 Å². The second-order valence-corrected chi connectivity index (χ2v) is 5.11. The van der Waals surface area contributed by atoms with Crippen LogP contribution >= 0.6 is 15.9 Å². The predicted molar refractivity (Wildman–Crippen MR) is 62.8 cm³/mol. The number of hydrogen-bond donors (Lipinski definition) is 2. The van der Waals surface area contributed by atoms with Crippen LogP contribution in [0.1, 0.15) is 20.8 Å². The molecule has 0 spiro atoms. The summed E-state index contributed by atoms with van der Waals surface area (Å²) in [5.41, 5.74) is -0.744. The number of H-pyrrole nitrogens is 1. The molecular formula is C10H13BrN2O2. The van der Waals surface area contributed by atoms with Gasteiger partial charge < -0.3 is 10.3 Å². The number of rotatable bonds is 1. The standard InChI is InChI=1S/C10H13BrN2O2/c1-10(2,3)9(15)13-7-5-4-6(11)8(14)12-7/h4-5H,1-3H3,(H2,12,13,14,15). The first-order chi connectivity index (χ1) is 6.80. The van der Waals surface area contributed by atoms with Crippen molar-refractivity contribution in [2.24, 2.45) is 5.41 Å². The number of halogens is 1. The average molecular weight is 273 g/mol. The van der Waals surface area contributed by atoms with Crippen LogP contribution in [0.4, 0.5) is 5.82 Å². The molecule has 0 aliphatic carbocycles. The third kappa shape index (κ3) is 3.20. The van der Waals surface area contributed by atoms with Gasteiger partial charge in [0.15, 0.2) is 0 Å². The largest absolute Gasteiger partial charge is 0.312 e. The van der Waals surface area contributed by atoms with Gasteiger partial charge in [-0.25, -0.2) is 0 Å². The van der Waals surface area contributed by atoms with E-state index >= 15 is 0 Å². The lowest BCUT2D eigenvalue weighted by atomic mass is 9.96. The Morgan fingerprint density at radius 3 is 2.47 bits per heavy atom. The van der Waals surface area contributed by atoms with E-state index in [1.54, 1.807) is 32.9 Å². The van der Waals surface area contributed by atoms with Crippen LogP contribution in [0.15, 0.2) is 21.4 Å². The van der Waals surface area contributed by atoms with Gasteiger partial charge in [-0.2, -0.15) is 0 Å². The summed E-state index contributed by atoms with van der Waals surface area (Å²) in [5, 5.41) is 2.63. The Balaban J connectivity index is 2.87. The molecule has 4 nitrogen and oxygen atoms in total. The minimum Gasteiger partial charge on any atom is -0.312 e. The Labute approximate surface area is 96.2 Å². The molecule has 0 fully saturated rings. The van der Waals surface area contributed by atoms with E-state index in [0.717, 1.165) is 0 Å². The second-order valence-electron chi connectivity index (χ2n) is 4.25. The Morgan fingerprint density at radius 2 is 2.00 bits per heavy atom. The summed E-state index contributed by atoms with van der Waals surface area (Å²) in [4.78, 5) is 25.3. The van der Waals surface area contributed by atoms with Crippen LogP contribution in [0.5, 0.6) is 0 Å². The fourth-order valence-corrected chi connectivity index (χ4v) is 1.07. The number of hydrogen-bond acceptors (Lipinski definition) is 2. The van der Waals surface area contributed by atoms with Crippen molar-refractivity contribution in [1.29, 1.82) is 0 Å². The van der Waals surface area contributed by atoms with Gasteiger partial charge in [-0.15, -0.1) is 0 Å². The number of nitrogens with one attached hydrogen (secondary N) is 2. The predicted octanol–water partition coefficient (Wildman–Crippen LogP) is 2.12. The van der Waals surface area contributed by atoms with E-state index in [1.807, 2.05) is 0 Å². The fourth-order valence-electron chi connectivity index (χ4n) is 0.839. The number of anilines is 1. The lowest BCUT2D eigenvalue weighted by molar-refractivity contribution is -0.123. The Kier molecular flexibility index (Phi) is 3.34. The van der Waals surface area contributed by atoms with Gasteiger partial charge >= 0.3 is 0 Å². The smallest absolute Gasteiger partial charge is 0.263 e. The molecule has 0 saturated heterocycles. The van der Waals surface area contributed by atoms with Crippen molar-refractivity contribution in [3.05, 3.63) is 27.0 Å². The maximum Gasteiger partial charge on any atom is 0.263 e. The monoisotopic (exact) mass is 272 g/mol. The highest BCUT2D eigenvalue weighted by molar-refractivity contribution is 9.10. The van der Waals surface area contributed by atoms with Crippen molar-refractivity contribution < 1.29 is 4.79 Å². The minimum atomic E-state index is -0.482. The number of aromatic amines is 1. The van der Waals surface area contributed by atoms with Gasteiger partial charge in [-0.1, -0.05) is 20.8 Å². The normalized spacial score (nSPS) is 11.2. The first-order valence-electron chi connectivity index (χ1n) is 4.51. The SMILES string of the molecule is CC(C)(C)C(=O)Nc1ccc(Br)c(=O)[nH]1. The van der Waals surface area contributed by atoms with E-state index in [1.165, 1.54) is 0 Å². The molecule has 5 heteroatoms. The van der Waals surface area contributed by atoms with Gasteiger partial charge in [0.25, 0.3) is 5.56 Å². The van der Waals surface area contributed by atoms with E-state index < -0.39 is 5.41 Å². The molecule has 0 aliphatic heterocycles. The molecule has 0 radical (unpaired) electrons. The van der Waals surface area contributed by atoms with E-state index in [2.05, 4.69) is 26.2 Å². The van der Waals surface area contributed by atoms with Crippen molar-refractivity contribution in [3.63, 3.8) is 0 Å². The molecule has 0 saturated carbocycles. The summed E-state index contributed by atoms with van der Waals surface area (Å²) in [7, 11) is 0. The van der Waals surface area contributed by atoms with Crippen LogP contribution in [0, 0.1) is 5.41 Å². The zero-order valence-electron chi connectivity index (χ0n) is 8.85. The summed E-state index contributed by atoms with van der Waals surface area (Å²) in [6.45, 7) is 5.41. The van der Waals surface area contributed by atoms with Crippen LogP contribution in [0.2, 0.25) is 0 Å². The van der Waals surface area contributed by atoms with Crippen molar-refractivity contribution in [3.8, 4) is 0 Å². The zero-order valence-corrected chi connectivity index (χ0v) is 10.4. The zero-order chi connectivity index (χ0) is 11.6. The van der Waals surface area contributed by atoms with E-state index in [-0.39, 0.29) is 11.5 Å². The van der Waals surface area contributed by atoms with Crippen LogP contribution < -0.4 is 10.9 Å². The lowest BCUT2D eigenvalue weighted by Crippen LogP contribution is -2.28. The maximum absolute atomic E-state index is 11.6. The van der Waals surface area contributed by atoms with E-state index in [9.17, 15) is 9.59 Å². The highest BCUT2D eigenvalue weighted by Crippen LogP contribution is 2.16. The number of carbonyl (C=O) groups excluding carboxylic acids is 1. The highest BCUT2D eigenvalue weighted by Gasteiger charge is 2.21.